The number of carboxylic acids is 6. The van der Waals surface area contributed by atoms with Crippen molar-refractivity contribution in [1.29, 1.82) is 0 Å². The van der Waals surface area contributed by atoms with Gasteiger partial charge in [-0.3, -0.25) is 0 Å². The second kappa shape index (κ2) is 19.5. The number of benzene rings is 4. The molecule has 4 aromatic carbocycles. The van der Waals surface area contributed by atoms with Crippen LogP contribution >= 0.6 is 0 Å². The number of hydrogen-bond donors (Lipinski definition) is 8. The summed E-state index contributed by atoms with van der Waals surface area (Å²) >= 11 is 0. The number of phenolic OH excluding ortho intramolecular Hbond substituents is 1. The second-order valence-corrected chi connectivity index (χ2v) is 11.5. The first kappa shape index (κ1) is 44.9. The molecule has 0 saturated heterocycles. The van der Waals surface area contributed by atoms with Gasteiger partial charge in [0.15, 0.2) is 0 Å². The highest BCUT2D eigenvalue weighted by atomic mass is 16.5. The molecule has 0 fully saturated rings. The van der Waals surface area contributed by atoms with Gasteiger partial charge in [-0.15, -0.1) is 0 Å². The first-order valence-corrected chi connectivity index (χ1v) is 15.4. The number of ether oxygens (including phenoxy) is 2. The van der Waals surface area contributed by atoms with Gasteiger partial charge in [-0.2, -0.15) is 0 Å². The van der Waals surface area contributed by atoms with Crippen molar-refractivity contribution >= 4 is 35.8 Å². The minimum Gasteiger partial charge on any atom is -0.507 e. The quantitative estimate of drug-likeness (QED) is 0.0992. The van der Waals surface area contributed by atoms with Crippen LogP contribution in [0.15, 0.2) is 48.5 Å². The van der Waals surface area contributed by atoms with Crippen molar-refractivity contribution in [3.05, 3.63) is 115 Å². The summed E-state index contributed by atoms with van der Waals surface area (Å²) in [5.41, 5.74) is 3.33. The summed E-state index contributed by atoms with van der Waals surface area (Å²) in [5.74, 6) is -8.96. The molecule has 0 atom stereocenters. The lowest BCUT2D eigenvalue weighted by Crippen LogP contribution is -2.10. The molecule has 0 aliphatic rings. The molecule has 0 bridgehead atoms. The van der Waals surface area contributed by atoms with Crippen LogP contribution in [0.3, 0.4) is 0 Å². The molecule has 8 N–H and O–H groups in total. The Morgan fingerprint density at radius 3 is 0.926 bits per heavy atom. The van der Waals surface area contributed by atoms with Crippen LogP contribution in [-0.4, -0.2) is 90.9 Å². The van der Waals surface area contributed by atoms with E-state index in [9.17, 15) is 39.0 Å². The van der Waals surface area contributed by atoms with E-state index in [0.717, 1.165) is 36.1 Å². The molecule has 0 spiro atoms. The molecule has 0 radical (unpaired) electrons. The summed E-state index contributed by atoms with van der Waals surface area (Å²) in [6.45, 7) is 12.1. The number of carbonyl (C=O) groups is 6. The van der Waals surface area contributed by atoms with Gasteiger partial charge in [0.2, 0.25) is 0 Å². The Bertz CT molecular complexity index is 1980. The number of aryl methyl sites for hydroxylation is 6. The molecular weight excluding hydrogens is 712 g/mol. The van der Waals surface area contributed by atoms with E-state index >= 15 is 0 Å². The van der Waals surface area contributed by atoms with Crippen molar-refractivity contribution in [2.75, 3.05) is 14.2 Å². The molecule has 4 rings (SSSR count). The van der Waals surface area contributed by atoms with Crippen LogP contribution in [-0.2, 0) is 0 Å². The van der Waals surface area contributed by atoms with E-state index in [2.05, 4.69) is 37.6 Å². The fourth-order valence-electron chi connectivity index (χ4n) is 5.04. The highest BCUT2D eigenvalue weighted by Gasteiger charge is 2.23. The lowest BCUT2D eigenvalue weighted by Gasteiger charge is -2.09. The van der Waals surface area contributed by atoms with Crippen LogP contribution in [0.2, 0.25) is 0 Å². The standard InChI is InChI=1S/C10H8O7.C10H14O.C9H6O7.C9H12O/c1-17-7-5(9(13)14)2-4(8(11)12)3-6(7)10(15)16;1-7-5-8(2)10(11-4)9(3)6-7;10-6-4(8(13)14)1-3(7(11)12)2-5(6)9(15)16;1-6-4-7(2)9(10)8(3)5-6/h2-3H,1H3,(H,11,12)(H,13,14)(H,15,16);5-6H,1-4H3;1-2,10H,(H,11,12)(H,13,14)(H,15,16);4-5,10H,1-3H3. The van der Waals surface area contributed by atoms with E-state index in [0.29, 0.717) is 17.9 Å². The van der Waals surface area contributed by atoms with Gasteiger partial charge in [0.25, 0.3) is 0 Å². The zero-order chi connectivity index (χ0) is 41.8. The van der Waals surface area contributed by atoms with Gasteiger partial charge in [0.1, 0.15) is 45.3 Å². The molecule has 0 unspecified atom stereocenters. The molecule has 0 heterocycles. The smallest absolute Gasteiger partial charge is 0.339 e. The van der Waals surface area contributed by atoms with Crippen LogP contribution in [0.1, 0.15) is 95.5 Å². The minimum absolute atomic E-state index is 0.380. The summed E-state index contributed by atoms with van der Waals surface area (Å²) in [7, 11) is 2.82. The minimum atomic E-state index is -1.61. The monoisotopic (exact) mass is 752 g/mol. The molecule has 0 aliphatic heterocycles. The summed E-state index contributed by atoms with van der Waals surface area (Å²) in [6, 6.07) is 11.3. The van der Waals surface area contributed by atoms with Crippen LogP contribution in [0, 0.1) is 41.5 Å². The molecule has 0 amide bonds. The second-order valence-electron chi connectivity index (χ2n) is 11.5. The molecule has 0 aliphatic carbocycles. The maximum Gasteiger partial charge on any atom is 0.339 e. The third-order valence-electron chi connectivity index (χ3n) is 7.26. The largest absolute Gasteiger partial charge is 0.507 e. The number of rotatable bonds is 8. The van der Waals surface area contributed by atoms with E-state index in [1.54, 1.807) is 7.11 Å². The number of methoxy groups -OCH3 is 2. The SMILES string of the molecule is COc1c(C(=O)O)cc(C(=O)O)cc1C(=O)O.COc1c(C)cc(C)cc1C.Cc1cc(C)c(O)c(C)c1.O=C(O)c1cc(C(=O)O)c(O)c(C(=O)O)c1. The van der Waals surface area contributed by atoms with Gasteiger partial charge in [-0.1, -0.05) is 35.4 Å². The number of aromatic carboxylic acids is 6. The molecule has 0 saturated carbocycles. The van der Waals surface area contributed by atoms with E-state index in [1.165, 1.54) is 22.3 Å². The Hall–Kier alpha value is -7.10. The van der Waals surface area contributed by atoms with E-state index in [-0.39, 0.29) is 5.75 Å². The van der Waals surface area contributed by atoms with E-state index in [1.807, 2.05) is 32.9 Å². The Morgan fingerprint density at radius 1 is 0.389 bits per heavy atom. The van der Waals surface area contributed by atoms with Crippen molar-refractivity contribution in [2.24, 2.45) is 0 Å². The third kappa shape index (κ3) is 12.0. The maximum absolute atomic E-state index is 10.9. The number of phenols is 2. The van der Waals surface area contributed by atoms with Gasteiger partial charge in [0.05, 0.1) is 25.3 Å². The third-order valence-corrected chi connectivity index (χ3v) is 7.26. The summed E-state index contributed by atoms with van der Waals surface area (Å²) < 4.78 is 9.91. The van der Waals surface area contributed by atoms with Crippen LogP contribution in [0.4, 0.5) is 0 Å². The fourth-order valence-corrected chi connectivity index (χ4v) is 5.04. The Balaban J connectivity index is 0.000000368. The topological polar surface area (TPSA) is 283 Å². The fraction of sp³-hybridized carbons (Fsp3) is 0.211. The van der Waals surface area contributed by atoms with Gasteiger partial charge >= 0.3 is 35.8 Å². The van der Waals surface area contributed by atoms with Crippen LogP contribution < -0.4 is 9.47 Å². The molecule has 16 heteroatoms. The highest BCUT2D eigenvalue weighted by molar-refractivity contribution is 6.03. The molecule has 288 valence electrons. The Morgan fingerprint density at radius 2 is 0.667 bits per heavy atom. The van der Waals surface area contributed by atoms with Crippen molar-refractivity contribution in [2.45, 2.75) is 41.5 Å². The normalized spacial score (nSPS) is 9.78. The maximum atomic E-state index is 10.9. The molecule has 16 nitrogen and oxygen atoms in total. The number of hydrogen-bond acceptors (Lipinski definition) is 10. The van der Waals surface area contributed by atoms with Crippen molar-refractivity contribution in [1.82, 2.24) is 0 Å². The predicted molar refractivity (Wildman–Crippen MR) is 192 cm³/mol. The Labute approximate surface area is 308 Å². The zero-order valence-corrected chi connectivity index (χ0v) is 30.5. The predicted octanol–water partition coefficient (Wildman–Crippen LogP) is 6.21. The van der Waals surface area contributed by atoms with Gasteiger partial charge < -0.3 is 50.3 Å². The number of carboxylic acid groups (broad SMARTS) is 6. The van der Waals surface area contributed by atoms with Crippen molar-refractivity contribution in [3.63, 3.8) is 0 Å². The van der Waals surface area contributed by atoms with Gasteiger partial charge in [-0.25, -0.2) is 28.8 Å². The molecular formula is C38H40O16. The average Bonchev–Trinajstić information content (AvgIpc) is 3.06. The first-order chi connectivity index (χ1) is 25.0. The van der Waals surface area contributed by atoms with Gasteiger partial charge in [0, 0.05) is 0 Å². The van der Waals surface area contributed by atoms with Crippen LogP contribution in [0.25, 0.3) is 0 Å². The molecule has 0 aromatic heterocycles. The summed E-state index contributed by atoms with van der Waals surface area (Å²) in [6.07, 6.45) is 0. The average molecular weight is 753 g/mol. The summed E-state index contributed by atoms with van der Waals surface area (Å²) in [4.78, 5) is 64.3. The lowest BCUT2D eigenvalue weighted by atomic mass is 10.0. The zero-order valence-electron chi connectivity index (χ0n) is 30.5. The van der Waals surface area contributed by atoms with Crippen molar-refractivity contribution < 1.29 is 79.1 Å². The molecule has 54 heavy (non-hydrogen) atoms. The van der Waals surface area contributed by atoms with E-state index in [4.69, 9.17) is 35.4 Å². The lowest BCUT2D eigenvalue weighted by molar-refractivity contribution is 0.0660. The summed E-state index contributed by atoms with van der Waals surface area (Å²) in [5, 5.41) is 70.9. The molecule has 4 aromatic rings. The highest BCUT2D eigenvalue weighted by Crippen LogP contribution is 2.27. The number of aromatic hydroxyl groups is 2. The van der Waals surface area contributed by atoms with Gasteiger partial charge in [-0.05, 0) is 88.1 Å². The Kier molecular flexibility index (Phi) is 16.2. The first-order valence-electron chi connectivity index (χ1n) is 15.4. The van der Waals surface area contributed by atoms with E-state index < -0.39 is 74.9 Å². The van der Waals surface area contributed by atoms with Crippen LogP contribution in [0.5, 0.6) is 23.0 Å². The van der Waals surface area contributed by atoms with Crippen molar-refractivity contribution in [3.8, 4) is 23.0 Å².